The van der Waals surface area contributed by atoms with Crippen LogP contribution in [0.15, 0.2) is 30.3 Å². The van der Waals surface area contributed by atoms with Crippen molar-refractivity contribution >= 4 is 53.4 Å². The Morgan fingerprint density at radius 2 is 1.52 bits per heavy atom. The molecule has 0 unspecified atom stereocenters. The standard InChI is InChI=1S/C20H19FN4O2S2/c1-26-14-5-6-15(27-2)18-17(14)23-20(29-18)25-9-7-24(8-10-25)19-22-13-4-3-12(21)11-16(13)28-19/h3-6,11H,7-10H2,1-2H3. The van der Waals surface area contributed by atoms with Crippen LogP contribution in [-0.4, -0.2) is 50.4 Å². The second kappa shape index (κ2) is 7.31. The molecule has 6 nitrogen and oxygen atoms in total. The van der Waals surface area contributed by atoms with Gasteiger partial charge in [0, 0.05) is 26.2 Å². The predicted octanol–water partition coefficient (Wildman–Crippen LogP) is 4.39. The maximum absolute atomic E-state index is 13.5. The van der Waals surface area contributed by atoms with Crippen molar-refractivity contribution in [2.24, 2.45) is 0 Å². The first-order valence-corrected chi connectivity index (χ1v) is 10.9. The number of piperazine rings is 1. The largest absolute Gasteiger partial charge is 0.495 e. The Hall–Kier alpha value is -2.65. The van der Waals surface area contributed by atoms with Crippen LogP contribution in [0.5, 0.6) is 11.5 Å². The second-order valence-corrected chi connectivity index (χ2v) is 8.71. The number of benzene rings is 2. The van der Waals surface area contributed by atoms with E-state index in [2.05, 4.69) is 14.8 Å². The smallest absolute Gasteiger partial charge is 0.186 e. The lowest BCUT2D eigenvalue weighted by Gasteiger charge is -2.34. The van der Waals surface area contributed by atoms with Gasteiger partial charge in [-0.1, -0.05) is 22.7 Å². The van der Waals surface area contributed by atoms with Crippen LogP contribution in [0.3, 0.4) is 0 Å². The van der Waals surface area contributed by atoms with Crippen LogP contribution in [0.25, 0.3) is 20.4 Å². The van der Waals surface area contributed by atoms with Gasteiger partial charge >= 0.3 is 0 Å². The zero-order valence-electron chi connectivity index (χ0n) is 16.0. The highest BCUT2D eigenvalue weighted by atomic mass is 32.1. The molecule has 0 spiro atoms. The Kier molecular flexibility index (Phi) is 4.63. The van der Waals surface area contributed by atoms with Crippen LogP contribution >= 0.6 is 22.7 Å². The third kappa shape index (κ3) is 3.24. The first-order chi connectivity index (χ1) is 14.2. The van der Waals surface area contributed by atoms with Crippen LogP contribution in [0, 0.1) is 5.82 Å². The lowest BCUT2D eigenvalue weighted by Crippen LogP contribution is -2.46. The molecule has 3 heterocycles. The van der Waals surface area contributed by atoms with Crippen LogP contribution in [-0.2, 0) is 0 Å². The molecule has 0 bridgehead atoms. The average Bonchev–Trinajstić information content (AvgIpc) is 3.37. The molecule has 0 amide bonds. The third-order valence-corrected chi connectivity index (χ3v) is 7.27. The van der Waals surface area contributed by atoms with Crippen molar-refractivity contribution in [1.82, 2.24) is 9.97 Å². The minimum absolute atomic E-state index is 0.223. The van der Waals surface area contributed by atoms with Crippen LogP contribution in [0.1, 0.15) is 0 Å². The van der Waals surface area contributed by atoms with E-state index in [0.717, 1.165) is 68.4 Å². The van der Waals surface area contributed by atoms with Crippen molar-refractivity contribution in [2.45, 2.75) is 0 Å². The molecule has 0 atom stereocenters. The minimum atomic E-state index is -0.223. The zero-order chi connectivity index (χ0) is 20.0. The predicted molar refractivity (Wildman–Crippen MR) is 117 cm³/mol. The molecule has 5 rings (SSSR count). The summed E-state index contributed by atoms with van der Waals surface area (Å²) >= 11 is 3.16. The molecule has 150 valence electrons. The van der Waals surface area contributed by atoms with Crippen LogP contribution < -0.4 is 19.3 Å². The molecule has 1 aliphatic heterocycles. The SMILES string of the molecule is COc1ccc(OC)c2sc(N3CCN(c4nc5ccc(F)cc5s4)CC3)nc12. The summed E-state index contributed by atoms with van der Waals surface area (Å²) in [6.45, 7) is 3.36. The second-order valence-electron chi connectivity index (χ2n) is 6.73. The molecule has 0 N–H and O–H groups in total. The monoisotopic (exact) mass is 430 g/mol. The van der Waals surface area contributed by atoms with Gasteiger partial charge in [-0.2, -0.15) is 0 Å². The molecular formula is C20H19FN4O2S2. The summed E-state index contributed by atoms with van der Waals surface area (Å²) in [6, 6.07) is 8.55. The number of fused-ring (bicyclic) bond motifs is 2. The lowest BCUT2D eigenvalue weighted by atomic mass is 10.3. The van der Waals surface area contributed by atoms with E-state index < -0.39 is 0 Å². The molecule has 4 aromatic rings. The normalized spacial score (nSPS) is 14.7. The Labute approximate surface area is 175 Å². The summed E-state index contributed by atoms with van der Waals surface area (Å²) < 4.78 is 26.3. The average molecular weight is 431 g/mol. The Bertz CT molecular complexity index is 1140. The number of rotatable bonds is 4. The van der Waals surface area contributed by atoms with Gasteiger partial charge in [0.05, 0.1) is 24.4 Å². The summed E-state index contributed by atoms with van der Waals surface area (Å²) in [4.78, 5) is 14.0. The van der Waals surface area contributed by atoms with Crippen molar-refractivity contribution in [3.8, 4) is 11.5 Å². The van der Waals surface area contributed by atoms with E-state index in [4.69, 9.17) is 14.5 Å². The number of nitrogens with zero attached hydrogens (tertiary/aromatic N) is 4. The molecule has 9 heteroatoms. The van der Waals surface area contributed by atoms with E-state index in [-0.39, 0.29) is 5.82 Å². The maximum atomic E-state index is 13.5. The van der Waals surface area contributed by atoms with E-state index in [1.807, 2.05) is 12.1 Å². The molecule has 1 aliphatic rings. The van der Waals surface area contributed by atoms with Gasteiger partial charge in [-0.3, -0.25) is 0 Å². The van der Waals surface area contributed by atoms with E-state index in [0.29, 0.717) is 0 Å². The third-order valence-electron chi connectivity index (χ3n) is 5.06. The molecule has 1 fully saturated rings. The van der Waals surface area contributed by atoms with Gasteiger partial charge in [-0.05, 0) is 30.3 Å². The van der Waals surface area contributed by atoms with Gasteiger partial charge in [0.15, 0.2) is 10.3 Å². The van der Waals surface area contributed by atoms with Gasteiger partial charge in [0.2, 0.25) is 0 Å². The number of hydrogen-bond acceptors (Lipinski definition) is 8. The zero-order valence-corrected chi connectivity index (χ0v) is 17.6. The molecular weight excluding hydrogens is 411 g/mol. The highest BCUT2D eigenvalue weighted by molar-refractivity contribution is 7.22. The summed E-state index contributed by atoms with van der Waals surface area (Å²) in [7, 11) is 3.33. The molecule has 1 saturated heterocycles. The Morgan fingerprint density at radius 3 is 2.21 bits per heavy atom. The fourth-order valence-corrected chi connectivity index (χ4v) is 5.69. The van der Waals surface area contributed by atoms with Gasteiger partial charge in [-0.25, -0.2) is 14.4 Å². The summed E-state index contributed by atoms with van der Waals surface area (Å²) in [5, 5.41) is 1.91. The van der Waals surface area contributed by atoms with Crippen molar-refractivity contribution < 1.29 is 13.9 Å². The number of aromatic nitrogens is 2. The number of methoxy groups -OCH3 is 2. The number of halogens is 1. The molecule has 0 aliphatic carbocycles. The topological polar surface area (TPSA) is 50.7 Å². The quantitative estimate of drug-likeness (QED) is 0.479. The van der Waals surface area contributed by atoms with E-state index in [1.54, 1.807) is 37.7 Å². The molecule has 2 aromatic carbocycles. The van der Waals surface area contributed by atoms with Crippen molar-refractivity contribution in [3.05, 3.63) is 36.1 Å². The number of anilines is 2. The molecule has 2 aromatic heterocycles. The number of ether oxygens (including phenoxy) is 2. The first kappa shape index (κ1) is 18.4. The summed E-state index contributed by atoms with van der Waals surface area (Å²) in [5.74, 6) is 1.34. The van der Waals surface area contributed by atoms with Gasteiger partial charge in [0.1, 0.15) is 27.5 Å². The molecule has 0 saturated carbocycles. The highest BCUT2D eigenvalue weighted by Gasteiger charge is 2.23. The maximum Gasteiger partial charge on any atom is 0.186 e. The van der Waals surface area contributed by atoms with Crippen molar-refractivity contribution in [3.63, 3.8) is 0 Å². The highest BCUT2D eigenvalue weighted by Crippen LogP contribution is 2.40. The van der Waals surface area contributed by atoms with Crippen LogP contribution in [0.2, 0.25) is 0 Å². The van der Waals surface area contributed by atoms with Crippen molar-refractivity contribution in [2.75, 3.05) is 50.2 Å². The molecule has 29 heavy (non-hydrogen) atoms. The minimum Gasteiger partial charge on any atom is -0.495 e. The fourth-order valence-electron chi connectivity index (χ4n) is 3.52. The van der Waals surface area contributed by atoms with Crippen LogP contribution in [0.4, 0.5) is 14.7 Å². The Morgan fingerprint density at radius 1 is 0.862 bits per heavy atom. The fraction of sp³-hybridized carbons (Fsp3) is 0.300. The van der Waals surface area contributed by atoms with E-state index >= 15 is 0 Å². The van der Waals surface area contributed by atoms with Gasteiger partial charge in [-0.15, -0.1) is 0 Å². The Balaban J connectivity index is 1.37. The summed E-state index contributed by atoms with van der Waals surface area (Å²) in [5.41, 5.74) is 1.68. The first-order valence-electron chi connectivity index (χ1n) is 9.24. The van der Waals surface area contributed by atoms with Gasteiger partial charge in [0.25, 0.3) is 0 Å². The van der Waals surface area contributed by atoms with Gasteiger partial charge < -0.3 is 19.3 Å². The van der Waals surface area contributed by atoms with Crippen molar-refractivity contribution in [1.29, 1.82) is 0 Å². The molecule has 0 radical (unpaired) electrons. The summed E-state index contributed by atoms with van der Waals surface area (Å²) in [6.07, 6.45) is 0. The van der Waals surface area contributed by atoms with E-state index in [9.17, 15) is 4.39 Å². The van der Waals surface area contributed by atoms with E-state index in [1.165, 1.54) is 17.4 Å². The lowest BCUT2D eigenvalue weighted by molar-refractivity contribution is 0.410. The number of hydrogen-bond donors (Lipinski definition) is 0. The number of thiazole rings is 2.